The first-order valence-electron chi connectivity index (χ1n) is 20.8. The molecule has 0 spiro atoms. The number of nitrogens with one attached hydrogen (secondary N) is 2. The number of hydrogen-bond acceptors (Lipinski definition) is 8. The standard InChI is InChI=1S/C42H56N6O4.C4H10/c1-3-15-34(4-2)41(51)42-44-31-48(46-42)29-32-22-26-47(27-23-32)25-14-9-7-5-6-8-13-24-43-28-37(49)35-18-20-38(40-36(35)19-21-39(50)45-40)52-30-33-16-11-10-12-17-33;1-3-4-2/h3-4,10-12,15-21,31-32,37,41,43,49,51H,1-2,5-9,13-14,22-30H2,(H,45,50);3-4H2,1-2H3/b34-15+;. The first-order valence-corrected chi connectivity index (χ1v) is 20.8. The van der Waals surface area contributed by atoms with Crippen molar-refractivity contribution < 1.29 is 14.9 Å². The zero-order chi connectivity index (χ0) is 40.0. The quantitative estimate of drug-likeness (QED) is 0.0437. The molecule has 1 fully saturated rings. The summed E-state index contributed by atoms with van der Waals surface area (Å²) in [7, 11) is 0. The average molecular weight is 767 g/mol. The predicted octanol–water partition coefficient (Wildman–Crippen LogP) is 8.60. The van der Waals surface area contributed by atoms with Gasteiger partial charge in [0.15, 0.2) is 5.82 Å². The Morgan fingerprint density at radius 1 is 0.964 bits per heavy atom. The minimum Gasteiger partial charge on any atom is -0.487 e. The van der Waals surface area contributed by atoms with Crippen LogP contribution in [0.25, 0.3) is 10.9 Å². The van der Waals surface area contributed by atoms with Gasteiger partial charge < -0.3 is 30.2 Å². The Morgan fingerprint density at radius 2 is 1.68 bits per heavy atom. The third-order valence-corrected chi connectivity index (χ3v) is 10.5. The number of fused-ring (bicyclic) bond motifs is 1. The van der Waals surface area contributed by atoms with Crippen LogP contribution in [-0.2, 0) is 13.2 Å². The smallest absolute Gasteiger partial charge is 0.248 e. The molecule has 1 aliphatic heterocycles. The Balaban J connectivity index is 0.00000166. The van der Waals surface area contributed by atoms with Gasteiger partial charge in [-0.05, 0) is 86.6 Å². The number of hydrogen-bond donors (Lipinski definition) is 4. The van der Waals surface area contributed by atoms with Crippen molar-refractivity contribution in [2.75, 3.05) is 32.7 Å². The lowest BCUT2D eigenvalue weighted by Gasteiger charge is -2.31. The lowest BCUT2D eigenvalue weighted by Crippen LogP contribution is -2.35. The number of benzene rings is 2. The number of unbranched alkanes of at least 4 members (excludes halogenated alkanes) is 7. The molecule has 2 unspecified atom stereocenters. The third kappa shape index (κ3) is 14.6. The summed E-state index contributed by atoms with van der Waals surface area (Å²) in [5, 5.41) is 30.3. The van der Waals surface area contributed by atoms with Crippen molar-refractivity contribution in [2.45, 2.75) is 110 Å². The number of likely N-dealkylation sites (tertiary alicyclic amines) is 1. The second kappa shape index (κ2) is 25.0. The van der Waals surface area contributed by atoms with Gasteiger partial charge in [0.25, 0.3) is 0 Å². The molecule has 4 aromatic rings. The number of aliphatic hydroxyl groups is 2. The van der Waals surface area contributed by atoms with Crippen molar-refractivity contribution in [1.82, 2.24) is 30.0 Å². The fraction of sp³-hybridized carbons (Fsp3) is 0.500. The molecule has 2 atom stereocenters. The molecule has 3 heterocycles. The first kappa shape index (κ1) is 44.4. The number of aliphatic hydroxyl groups excluding tert-OH is 2. The fourth-order valence-electron chi connectivity index (χ4n) is 6.95. The second-order valence-corrected chi connectivity index (χ2v) is 14.9. The number of aromatic nitrogens is 4. The highest BCUT2D eigenvalue weighted by Crippen LogP contribution is 2.30. The van der Waals surface area contributed by atoms with Gasteiger partial charge in [-0.1, -0.05) is 127 Å². The van der Waals surface area contributed by atoms with Crippen molar-refractivity contribution in [1.29, 1.82) is 0 Å². The summed E-state index contributed by atoms with van der Waals surface area (Å²) in [5.41, 5.74) is 2.86. The topological polar surface area (TPSA) is 129 Å². The molecule has 10 heteroatoms. The number of pyridine rings is 1. The molecule has 2 aromatic carbocycles. The molecular formula is C46H66N6O4. The lowest BCUT2D eigenvalue weighted by molar-refractivity contribution is 0.167. The summed E-state index contributed by atoms with van der Waals surface area (Å²) in [5.74, 6) is 1.57. The van der Waals surface area contributed by atoms with E-state index in [1.807, 2.05) is 47.1 Å². The van der Waals surface area contributed by atoms with Crippen LogP contribution in [0.5, 0.6) is 5.75 Å². The van der Waals surface area contributed by atoms with Crippen molar-refractivity contribution in [3.8, 4) is 5.75 Å². The van der Waals surface area contributed by atoms with E-state index in [0.29, 0.717) is 41.7 Å². The number of ether oxygens (including phenoxy) is 1. The van der Waals surface area contributed by atoms with Crippen LogP contribution in [0.2, 0.25) is 0 Å². The molecule has 304 valence electrons. The highest BCUT2D eigenvalue weighted by molar-refractivity contribution is 5.87. The number of nitrogens with zero attached hydrogens (tertiary/aromatic N) is 4. The molecule has 4 N–H and O–H groups in total. The SMILES string of the molecule is C=C/C=C(\C=C)C(O)c1ncn(CC2CCN(CCCCCCCCCNCC(O)c3ccc(OCc4ccccc4)c4[nH]c(=O)ccc34)CC2)n1.CCCC. The number of aromatic amines is 1. The summed E-state index contributed by atoms with van der Waals surface area (Å²) in [6.45, 7) is 17.8. The highest BCUT2D eigenvalue weighted by Gasteiger charge is 2.21. The van der Waals surface area contributed by atoms with Crippen LogP contribution in [0.4, 0.5) is 0 Å². The van der Waals surface area contributed by atoms with Gasteiger partial charge in [-0.15, -0.1) is 0 Å². The van der Waals surface area contributed by atoms with E-state index in [1.165, 1.54) is 64.0 Å². The molecule has 0 bridgehead atoms. The Morgan fingerprint density at radius 3 is 2.38 bits per heavy atom. The fourth-order valence-corrected chi connectivity index (χ4v) is 6.95. The van der Waals surface area contributed by atoms with E-state index in [0.717, 1.165) is 62.0 Å². The van der Waals surface area contributed by atoms with Crippen LogP contribution in [0.3, 0.4) is 0 Å². The van der Waals surface area contributed by atoms with E-state index in [-0.39, 0.29) is 5.56 Å². The summed E-state index contributed by atoms with van der Waals surface area (Å²) in [6.07, 6.45) is 18.6. The second-order valence-electron chi connectivity index (χ2n) is 14.9. The Labute approximate surface area is 334 Å². The van der Waals surface area contributed by atoms with Gasteiger partial charge in [-0.25, -0.2) is 4.98 Å². The van der Waals surface area contributed by atoms with Crippen LogP contribution in [0.1, 0.15) is 114 Å². The molecule has 0 radical (unpaired) electrons. The van der Waals surface area contributed by atoms with Crippen LogP contribution < -0.4 is 15.6 Å². The summed E-state index contributed by atoms with van der Waals surface area (Å²) in [4.78, 5) is 22.0. The van der Waals surface area contributed by atoms with E-state index >= 15 is 0 Å². The minimum absolute atomic E-state index is 0.201. The lowest BCUT2D eigenvalue weighted by atomic mass is 9.96. The first-order chi connectivity index (χ1) is 27.4. The molecular weight excluding hydrogens is 701 g/mol. The molecule has 1 aliphatic rings. The summed E-state index contributed by atoms with van der Waals surface area (Å²) < 4.78 is 7.91. The highest BCUT2D eigenvalue weighted by atomic mass is 16.5. The van der Waals surface area contributed by atoms with Crippen molar-refractivity contribution in [2.24, 2.45) is 5.92 Å². The third-order valence-electron chi connectivity index (χ3n) is 10.5. The molecule has 0 aliphatic carbocycles. The van der Waals surface area contributed by atoms with E-state index in [9.17, 15) is 15.0 Å². The van der Waals surface area contributed by atoms with Gasteiger partial charge in [0.05, 0.1) is 11.6 Å². The number of rotatable bonds is 23. The van der Waals surface area contributed by atoms with Crippen LogP contribution in [0.15, 0.2) is 103 Å². The predicted molar refractivity (Wildman–Crippen MR) is 229 cm³/mol. The average Bonchev–Trinajstić information content (AvgIpc) is 3.70. The zero-order valence-electron chi connectivity index (χ0n) is 33.9. The van der Waals surface area contributed by atoms with E-state index in [4.69, 9.17) is 4.74 Å². The van der Waals surface area contributed by atoms with Crippen LogP contribution in [-0.4, -0.2) is 67.6 Å². The van der Waals surface area contributed by atoms with Crippen molar-refractivity contribution in [3.63, 3.8) is 0 Å². The Hall–Kier alpha value is -4.35. The number of piperidine rings is 1. The zero-order valence-corrected chi connectivity index (χ0v) is 33.9. The molecule has 0 saturated carbocycles. The maximum Gasteiger partial charge on any atom is 0.248 e. The van der Waals surface area contributed by atoms with E-state index in [2.05, 4.69) is 52.3 Å². The van der Waals surface area contributed by atoms with Gasteiger partial charge in [-0.3, -0.25) is 9.48 Å². The summed E-state index contributed by atoms with van der Waals surface area (Å²) in [6, 6.07) is 16.9. The molecule has 0 amide bonds. The van der Waals surface area contributed by atoms with Gasteiger partial charge in [-0.2, -0.15) is 5.10 Å². The molecule has 56 heavy (non-hydrogen) atoms. The van der Waals surface area contributed by atoms with E-state index < -0.39 is 12.2 Å². The van der Waals surface area contributed by atoms with Gasteiger partial charge in [0.2, 0.25) is 5.56 Å². The maximum absolute atomic E-state index is 12.1. The van der Waals surface area contributed by atoms with Crippen LogP contribution in [0, 0.1) is 5.92 Å². The number of H-pyrrole nitrogens is 1. The Kier molecular flexibility index (Phi) is 19.8. The van der Waals surface area contributed by atoms with Gasteiger partial charge in [0, 0.05) is 24.5 Å². The summed E-state index contributed by atoms with van der Waals surface area (Å²) >= 11 is 0. The van der Waals surface area contributed by atoms with Gasteiger partial charge >= 0.3 is 0 Å². The van der Waals surface area contributed by atoms with Crippen molar-refractivity contribution >= 4 is 10.9 Å². The molecule has 5 rings (SSSR count). The largest absolute Gasteiger partial charge is 0.487 e. The van der Waals surface area contributed by atoms with Crippen molar-refractivity contribution in [3.05, 3.63) is 125 Å². The van der Waals surface area contributed by atoms with E-state index in [1.54, 1.807) is 30.6 Å². The minimum atomic E-state index is -0.888. The monoisotopic (exact) mass is 767 g/mol. The molecule has 2 aromatic heterocycles. The molecule has 10 nitrogen and oxygen atoms in total. The maximum atomic E-state index is 12.1. The normalized spacial score (nSPS) is 14.9. The number of allylic oxidation sites excluding steroid dienone is 2. The van der Waals surface area contributed by atoms with Crippen LogP contribution >= 0.6 is 0 Å². The Bertz CT molecular complexity index is 1810. The van der Waals surface area contributed by atoms with Gasteiger partial charge in [0.1, 0.15) is 24.8 Å². The molecule has 1 saturated heterocycles.